The van der Waals surface area contributed by atoms with Crippen LogP contribution in [0.3, 0.4) is 0 Å². The predicted molar refractivity (Wildman–Crippen MR) is 175 cm³/mol. The third kappa shape index (κ3) is 13.0. The smallest absolute Gasteiger partial charge is 0.425 e. The monoisotopic (exact) mass is 640 g/mol. The summed E-state index contributed by atoms with van der Waals surface area (Å²) in [4.78, 5) is 25.2. The Morgan fingerprint density at radius 1 is 0.652 bits per heavy atom. The molecule has 0 aliphatic heterocycles. The van der Waals surface area contributed by atoms with Crippen molar-refractivity contribution in [1.82, 2.24) is 0 Å². The highest BCUT2D eigenvalue weighted by molar-refractivity contribution is 5.92. The number of unbranched alkanes of at least 4 members (excludes halogenated alkanes) is 8. The first-order chi connectivity index (χ1) is 22.2. The van der Waals surface area contributed by atoms with Gasteiger partial charge in [0, 0.05) is 13.2 Å². The molecule has 0 aliphatic rings. The van der Waals surface area contributed by atoms with Gasteiger partial charge in [-0.15, -0.1) is 0 Å². The lowest BCUT2D eigenvalue weighted by molar-refractivity contribution is -0.206. The minimum Gasteiger partial charge on any atom is -0.449 e. The number of hydrogen-bond acceptors (Lipinski definition) is 5. The third-order valence-electron chi connectivity index (χ3n) is 7.85. The Morgan fingerprint density at radius 3 is 1.80 bits per heavy atom. The van der Waals surface area contributed by atoms with Crippen molar-refractivity contribution in [2.24, 2.45) is 0 Å². The van der Waals surface area contributed by atoms with Crippen molar-refractivity contribution in [3.63, 3.8) is 0 Å². The number of carbonyl (C=O) groups is 2. The van der Waals surface area contributed by atoms with Crippen LogP contribution in [0.4, 0.5) is 13.2 Å². The zero-order valence-corrected chi connectivity index (χ0v) is 27.1. The predicted octanol–water partition coefficient (Wildman–Crippen LogP) is 10.6. The fraction of sp³-hybridized carbons (Fsp3) is 0.474. The van der Waals surface area contributed by atoms with Crippen LogP contribution in [0.2, 0.25) is 0 Å². The molecule has 0 N–H and O–H groups in total. The van der Waals surface area contributed by atoms with Gasteiger partial charge in [-0.1, -0.05) is 88.3 Å². The zero-order valence-electron chi connectivity index (χ0n) is 27.1. The summed E-state index contributed by atoms with van der Waals surface area (Å²) >= 11 is 0. The van der Waals surface area contributed by atoms with E-state index in [1.807, 2.05) is 19.1 Å². The normalized spacial score (nSPS) is 12.1. The van der Waals surface area contributed by atoms with Gasteiger partial charge in [0.25, 0.3) is 0 Å². The van der Waals surface area contributed by atoms with E-state index in [9.17, 15) is 22.8 Å². The van der Waals surface area contributed by atoms with Crippen molar-refractivity contribution in [2.75, 3.05) is 13.2 Å². The van der Waals surface area contributed by atoms with Crippen molar-refractivity contribution in [2.45, 2.75) is 103 Å². The first-order valence-corrected chi connectivity index (χ1v) is 16.6. The van der Waals surface area contributed by atoms with Gasteiger partial charge in [-0.2, -0.15) is 13.2 Å². The Labute approximate surface area is 271 Å². The van der Waals surface area contributed by atoms with Crippen molar-refractivity contribution < 1.29 is 37.0 Å². The van der Waals surface area contributed by atoms with Crippen LogP contribution in [-0.4, -0.2) is 37.4 Å². The van der Waals surface area contributed by atoms with Crippen molar-refractivity contribution in [1.29, 1.82) is 0 Å². The first kappa shape index (κ1) is 36.8. The molecular formula is C38H47F3O5. The zero-order chi connectivity index (χ0) is 33.2. The van der Waals surface area contributed by atoms with E-state index in [4.69, 9.17) is 14.2 Å². The number of rotatable bonds is 20. The Morgan fingerprint density at radius 2 is 1.20 bits per heavy atom. The molecule has 0 aromatic heterocycles. The highest BCUT2D eigenvalue weighted by Gasteiger charge is 2.42. The molecule has 3 aromatic rings. The Balaban J connectivity index is 1.47. The number of benzene rings is 3. The molecule has 0 saturated heterocycles. The molecule has 0 unspecified atom stereocenters. The molecule has 0 heterocycles. The van der Waals surface area contributed by atoms with Gasteiger partial charge in [0.15, 0.2) is 6.10 Å². The maximum absolute atomic E-state index is 13.5. The highest BCUT2D eigenvalue weighted by Crippen LogP contribution is 2.28. The van der Waals surface area contributed by atoms with Gasteiger partial charge >= 0.3 is 18.1 Å². The van der Waals surface area contributed by atoms with Gasteiger partial charge in [0.05, 0.1) is 11.1 Å². The molecular weight excluding hydrogens is 593 g/mol. The van der Waals surface area contributed by atoms with Crippen LogP contribution in [0.5, 0.6) is 5.75 Å². The minimum absolute atomic E-state index is 0.0665. The maximum atomic E-state index is 13.5. The first-order valence-electron chi connectivity index (χ1n) is 16.6. The van der Waals surface area contributed by atoms with E-state index in [2.05, 4.69) is 31.2 Å². The molecule has 3 aromatic carbocycles. The number of hydrogen-bond donors (Lipinski definition) is 0. The average Bonchev–Trinajstić information content (AvgIpc) is 3.05. The van der Waals surface area contributed by atoms with Crippen LogP contribution >= 0.6 is 0 Å². The van der Waals surface area contributed by atoms with Crippen molar-refractivity contribution in [3.05, 3.63) is 89.5 Å². The molecule has 46 heavy (non-hydrogen) atoms. The molecule has 0 spiro atoms. The van der Waals surface area contributed by atoms with Crippen LogP contribution in [0.25, 0.3) is 11.1 Å². The lowest BCUT2D eigenvalue weighted by Crippen LogP contribution is -2.33. The summed E-state index contributed by atoms with van der Waals surface area (Å²) in [7, 11) is 0. The van der Waals surface area contributed by atoms with Crippen molar-refractivity contribution >= 4 is 11.9 Å². The average molecular weight is 641 g/mol. The minimum atomic E-state index is -4.67. The number of ether oxygens (including phenoxy) is 3. The molecule has 0 fully saturated rings. The maximum Gasteiger partial charge on any atom is 0.425 e. The summed E-state index contributed by atoms with van der Waals surface area (Å²) in [5.41, 5.74) is 3.63. The van der Waals surface area contributed by atoms with Crippen LogP contribution in [0, 0.1) is 0 Å². The Hall–Kier alpha value is -3.65. The van der Waals surface area contributed by atoms with E-state index in [0.717, 1.165) is 17.5 Å². The number of halogens is 3. The van der Waals surface area contributed by atoms with Gasteiger partial charge in [0.2, 0.25) is 0 Å². The lowest BCUT2D eigenvalue weighted by atomic mass is 10.00. The van der Waals surface area contributed by atoms with Crippen LogP contribution in [-0.2, 0) is 15.9 Å². The molecule has 0 aliphatic carbocycles. The summed E-state index contributed by atoms with van der Waals surface area (Å²) < 4.78 is 55.8. The number of esters is 2. The van der Waals surface area contributed by atoms with Crippen molar-refractivity contribution in [3.8, 4) is 16.9 Å². The molecule has 0 amide bonds. The van der Waals surface area contributed by atoms with Gasteiger partial charge in [0.1, 0.15) is 5.75 Å². The number of carbonyl (C=O) groups excluding carboxylic acids is 2. The van der Waals surface area contributed by atoms with E-state index in [1.54, 1.807) is 12.1 Å². The Bertz CT molecular complexity index is 1300. The molecule has 0 bridgehead atoms. The highest BCUT2D eigenvalue weighted by atomic mass is 19.4. The molecule has 8 heteroatoms. The second-order valence-corrected chi connectivity index (χ2v) is 11.5. The van der Waals surface area contributed by atoms with Crippen LogP contribution in [0.15, 0.2) is 72.8 Å². The summed E-state index contributed by atoms with van der Waals surface area (Å²) in [5, 5.41) is 0. The standard InChI is InChI=1S/C38H47F3O5/c1-3-5-6-7-8-9-11-14-29-16-18-30(19-17-29)31-20-22-32(23-21-31)36(42)45-34-26-24-33(25-27-34)37(43)46-35(38(39,40)41)15-12-10-13-28-44-4-2/h16-27,35H,3-15,28H2,1-2H3/t35-/m1/s1. The molecule has 5 nitrogen and oxygen atoms in total. The van der Waals surface area contributed by atoms with Crippen LogP contribution < -0.4 is 4.74 Å². The third-order valence-corrected chi connectivity index (χ3v) is 7.85. The number of alkyl halides is 3. The molecule has 1 atom stereocenters. The van der Waals surface area contributed by atoms with E-state index in [-0.39, 0.29) is 24.2 Å². The topological polar surface area (TPSA) is 61.8 Å². The van der Waals surface area contributed by atoms with Crippen LogP contribution in [0.1, 0.15) is 111 Å². The molecule has 0 radical (unpaired) electrons. The second-order valence-electron chi connectivity index (χ2n) is 11.5. The summed E-state index contributed by atoms with van der Waals surface area (Å²) in [6.07, 6.45) is 4.35. The fourth-order valence-electron chi connectivity index (χ4n) is 5.12. The quantitative estimate of drug-likeness (QED) is 0.0699. The van der Waals surface area contributed by atoms with E-state index < -0.39 is 24.2 Å². The summed E-state index contributed by atoms with van der Waals surface area (Å²) in [6.45, 7) is 5.13. The number of aryl methyl sites for hydroxylation is 1. The van der Waals surface area contributed by atoms with Gasteiger partial charge < -0.3 is 14.2 Å². The van der Waals surface area contributed by atoms with Gasteiger partial charge in [-0.05, 0) is 92.1 Å². The van der Waals surface area contributed by atoms with Gasteiger partial charge in [-0.25, -0.2) is 9.59 Å². The Kier molecular flexibility index (Phi) is 15.8. The fourth-order valence-corrected chi connectivity index (χ4v) is 5.12. The molecule has 0 saturated carbocycles. The van der Waals surface area contributed by atoms with E-state index >= 15 is 0 Å². The molecule has 250 valence electrons. The summed E-state index contributed by atoms with van der Waals surface area (Å²) in [6, 6.07) is 20.9. The van der Waals surface area contributed by atoms with E-state index in [0.29, 0.717) is 31.6 Å². The lowest BCUT2D eigenvalue weighted by Gasteiger charge is -2.20. The van der Waals surface area contributed by atoms with Gasteiger partial charge in [-0.3, -0.25) is 0 Å². The summed E-state index contributed by atoms with van der Waals surface area (Å²) in [5.74, 6) is -1.52. The largest absolute Gasteiger partial charge is 0.449 e. The molecule has 3 rings (SSSR count). The second kappa shape index (κ2) is 19.8. The SMILES string of the molecule is CCCCCCCCCc1ccc(-c2ccc(C(=O)Oc3ccc(C(=O)O[C@H](CCCCCOCC)C(F)(F)F)cc3)cc2)cc1. The van der Waals surface area contributed by atoms with E-state index in [1.165, 1.54) is 74.8 Å².